The van der Waals surface area contributed by atoms with Gasteiger partial charge in [-0.2, -0.15) is 0 Å². The summed E-state index contributed by atoms with van der Waals surface area (Å²) in [5.41, 5.74) is 1.32. The molecule has 2 aliphatic heterocycles. The van der Waals surface area contributed by atoms with Crippen LogP contribution in [0.1, 0.15) is 37.7 Å². The molecule has 0 aromatic heterocycles. The van der Waals surface area contributed by atoms with E-state index in [0.717, 1.165) is 39.1 Å². The van der Waals surface area contributed by atoms with Crippen LogP contribution in [0.2, 0.25) is 0 Å². The molecule has 0 amide bonds. The van der Waals surface area contributed by atoms with Gasteiger partial charge in [0.05, 0.1) is 5.60 Å². The third-order valence-corrected chi connectivity index (χ3v) is 5.82. The second-order valence-electron chi connectivity index (χ2n) is 8.03. The van der Waals surface area contributed by atoms with Crippen molar-refractivity contribution in [3.8, 4) is 17.2 Å². The number of benzene rings is 2. The summed E-state index contributed by atoms with van der Waals surface area (Å²) in [6.07, 6.45) is 1.15. The van der Waals surface area contributed by atoms with Crippen LogP contribution in [0.15, 0.2) is 48.5 Å². The lowest BCUT2D eigenvalue weighted by molar-refractivity contribution is -0.274. The SMILES string of the molecule is FC(F)(F)Oc1ccc(Oc2ccc(CN3CCC4(CCCCO4)CC3)cc2)cc1. The summed E-state index contributed by atoms with van der Waals surface area (Å²) in [5, 5.41) is 0. The molecule has 0 atom stereocenters. The van der Waals surface area contributed by atoms with Gasteiger partial charge in [-0.3, -0.25) is 4.90 Å². The lowest BCUT2D eigenvalue weighted by atomic mass is 9.84. The highest BCUT2D eigenvalue weighted by atomic mass is 19.4. The number of likely N-dealkylation sites (tertiary alicyclic amines) is 1. The van der Waals surface area contributed by atoms with Gasteiger partial charge in [-0.05, 0) is 74.1 Å². The van der Waals surface area contributed by atoms with E-state index < -0.39 is 6.36 Å². The normalized spacial score (nSPS) is 19.6. The van der Waals surface area contributed by atoms with Crippen LogP contribution in [0, 0.1) is 0 Å². The molecule has 2 aliphatic rings. The monoisotopic (exact) mass is 421 g/mol. The van der Waals surface area contributed by atoms with Crippen LogP contribution in [-0.2, 0) is 11.3 Å². The number of hydrogen-bond donors (Lipinski definition) is 0. The first-order chi connectivity index (χ1) is 14.4. The largest absolute Gasteiger partial charge is 0.573 e. The average molecular weight is 421 g/mol. The molecule has 7 heteroatoms. The highest BCUT2D eigenvalue weighted by molar-refractivity contribution is 5.36. The minimum Gasteiger partial charge on any atom is -0.457 e. The summed E-state index contributed by atoms with van der Waals surface area (Å²) in [6, 6.07) is 13.2. The summed E-state index contributed by atoms with van der Waals surface area (Å²) < 4.78 is 52.4. The van der Waals surface area contributed by atoms with Crippen LogP contribution in [0.25, 0.3) is 0 Å². The van der Waals surface area contributed by atoms with E-state index in [0.29, 0.717) is 11.5 Å². The Morgan fingerprint density at radius 2 is 1.43 bits per heavy atom. The second-order valence-corrected chi connectivity index (χ2v) is 8.03. The fourth-order valence-corrected chi connectivity index (χ4v) is 4.19. The van der Waals surface area contributed by atoms with Crippen molar-refractivity contribution in [1.29, 1.82) is 0 Å². The van der Waals surface area contributed by atoms with Gasteiger partial charge in [0.15, 0.2) is 0 Å². The standard InChI is InChI=1S/C23H26F3NO3/c24-23(25,26)30-21-9-7-20(8-10-21)29-19-5-3-18(4-6-19)17-27-14-12-22(13-15-27)11-1-2-16-28-22/h3-10H,1-2,11-17H2. The Hall–Kier alpha value is -2.25. The van der Waals surface area contributed by atoms with Crippen LogP contribution in [0.4, 0.5) is 13.2 Å². The van der Waals surface area contributed by atoms with Crippen LogP contribution in [-0.4, -0.2) is 36.6 Å². The Morgan fingerprint density at radius 1 is 0.833 bits per heavy atom. The number of halogens is 3. The van der Waals surface area contributed by atoms with Gasteiger partial charge in [-0.1, -0.05) is 12.1 Å². The van der Waals surface area contributed by atoms with E-state index in [9.17, 15) is 13.2 Å². The number of piperidine rings is 1. The van der Waals surface area contributed by atoms with Crippen LogP contribution in [0.3, 0.4) is 0 Å². The molecule has 0 aliphatic carbocycles. The molecule has 1 spiro atoms. The summed E-state index contributed by atoms with van der Waals surface area (Å²) in [6.45, 7) is 3.88. The van der Waals surface area contributed by atoms with Crippen molar-refractivity contribution < 1.29 is 27.4 Å². The number of alkyl halides is 3. The molecule has 4 rings (SSSR count). The molecule has 0 N–H and O–H groups in total. The zero-order valence-corrected chi connectivity index (χ0v) is 16.8. The van der Waals surface area contributed by atoms with E-state index >= 15 is 0 Å². The molecule has 2 aromatic carbocycles. The topological polar surface area (TPSA) is 30.9 Å². The first-order valence-corrected chi connectivity index (χ1v) is 10.4. The van der Waals surface area contributed by atoms with Crippen LogP contribution in [0.5, 0.6) is 17.2 Å². The Kier molecular flexibility index (Phi) is 6.20. The van der Waals surface area contributed by atoms with Gasteiger partial charge < -0.3 is 14.2 Å². The van der Waals surface area contributed by atoms with Crippen molar-refractivity contribution in [2.75, 3.05) is 19.7 Å². The molecule has 0 radical (unpaired) electrons. The Morgan fingerprint density at radius 3 is 2.00 bits per heavy atom. The van der Waals surface area contributed by atoms with Crippen molar-refractivity contribution >= 4 is 0 Å². The smallest absolute Gasteiger partial charge is 0.457 e. The van der Waals surface area contributed by atoms with Gasteiger partial charge in [0.25, 0.3) is 0 Å². The first kappa shape index (κ1) is 21.0. The van der Waals surface area contributed by atoms with Crippen LogP contribution >= 0.6 is 0 Å². The van der Waals surface area contributed by atoms with E-state index in [1.54, 1.807) is 0 Å². The Labute approximate surface area is 174 Å². The molecule has 2 heterocycles. The highest BCUT2D eigenvalue weighted by Gasteiger charge is 2.36. The average Bonchev–Trinajstić information content (AvgIpc) is 2.72. The van der Waals surface area contributed by atoms with Gasteiger partial charge in [-0.15, -0.1) is 13.2 Å². The minimum absolute atomic E-state index is 0.118. The lowest BCUT2D eigenvalue weighted by Crippen LogP contribution is -2.47. The maximum Gasteiger partial charge on any atom is 0.573 e. The number of ether oxygens (including phenoxy) is 3. The maximum absolute atomic E-state index is 12.2. The van der Waals surface area contributed by atoms with Crippen molar-refractivity contribution in [2.24, 2.45) is 0 Å². The molecule has 2 saturated heterocycles. The van der Waals surface area contributed by atoms with Crippen molar-refractivity contribution in [3.63, 3.8) is 0 Å². The summed E-state index contributed by atoms with van der Waals surface area (Å²) in [7, 11) is 0. The lowest BCUT2D eigenvalue weighted by Gasteiger charge is -2.44. The van der Waals surface area contributed by atoms with Crippen molar-refractivity contribution in [2.45, 2.75) is 50.6 Å². The number of nitrogens with zero attached hydrogens (tertiary/aromatic N) is 1. The van der Waals surface area contributed by atoms with Gasteiger partial charge in [0, 0.05) is 26.2 Å². The molecular weight excluding hydrogens is 395 g/mol. The third kappa shape index (κ3) is 5.67. The Bertz CT molecular complexity index is 805. The molecule has 4 nitrogen and oxygen atoms in total. The summed E-state index contributed by atoms with van der Waals surface area (Å²) in [5.74, 6) is 0.815. The van der Waals surface area contributed by atoms with Gasteiger partial charge in [0.2, 0.25) is 0 Å². The van der Waals surface area contributed by atoms with Gasteiger partial charge in [0.1, 0.15) is 17.2 Å². The van der Waals surface area contributed by atoms with E-state index in [2.05, 4.69) is 9.64 Å². The molecule has 30 heavy (non-hydrogen) atoms. The van der Waals surface area contributed by atoms with E-state index in [1.165, 1.54) is 49.1 Å². The van der Waals surface area contributed by atoms with Crippen LogP contribution < -0.4 is 9.47 Å². The summed E-state index contributed by atoms with van der Waals surface area (Å²) in [4.78, 5) is 2.46. The molecule has 0 bridgehead atoms. The molecule has 2 fully saturated rings. The molecular formula is C23H26F3NO3. The van der Waals surface area contributed by atoms with Gasteiger partial charge in [-0.25, -0.2) is 0 Å². The van der Waals surface area contributed by atoms with Crippen molar-refractivity contribution in [1.82, 2.24) is 4.90 Å². The van der Waals surface area contributed by atoms with Crippen molar-refractivity contribution in [3.05, 3.63) is 54.1 Å². The second kappa shape index (κ2) is 8.86. The fourth-order valence-electron chi connectivity index (χ4n) is 4.19. The zero-order valence-electron chi connectivity index (χ0n) is 16.8. The summed E-state index contributed by atoms with van der Waals surface area (Å²) >= 11 is 0. The fraction of sp³-hybridized carbons (Fsp3) is 0.478. The predicted octanol–water partition coefficient (Wildman–Crippen LogP) is 5.91. The predicted molar refractivity (Wildman–Crippen MR) is 107 cm³/mol. The van der Waals surface area contributed by atoms with E-state index in [-0.39, 0.29) is 11.4 Å². The highest BCUT2D eigenvalue weighted by Crippen LogP contribution is 2.35. The zero-order chi connectivity index (χ0) is 21.0. The minimum atomic E-state index is -4.70. The first-order valence-electron chi connectivity index (χ1n) is 10.4. The maximum atomic E-state index is 12.2. The molecule has 2 aromatic rings. The number of hydrogen-bond acceptors (Lipinski definition) is 4. The number of rotatable bonds is 5. The molecule has 0 unspecified atom stereocenters. The molecule has 162 valence electrons. The van der Waals surface area contributed by atoms with E-state index in [4.69, 9.17) is 9.47 Å². The van der Waals surface area contributed by atoms with E-state index in [1.807, 2.05) is 24.3 Å². The molecule has 0 saturated carbocycles. The Balaban J connectivity index is 1.27. The van der Waals surface area contributed by atoms with Gasteiger partial charge >= 0.3 is 6.36 Å². The quantitative estimate of drug-likeness (QED) is 0.600. The third-order valence-electron chi connectivity index (χ3n) is 5.82.